The summed E-state index contributed by atoms with van der Waals surface area (Å²) in [5.74, 6) is 0.989. The zero-order valence-corrected chi connectivity index (χ0v) is 14.5. The van der Waals surface area contributed by atoms with E-state index in [1.165, 1.54) is 44.6 Å². The van der Waals surface area contributed by atoms with E-state index >= 15 is 0 Å². The summed E-state index contributed by atoms with van der Waals surface area (Å²) in [6.07, 6.45) is 2.84. The standard InChI is InChI=1S/C19H30N2O/c1-15(2)22-18-7-5-6-16(14-18)19(3,4)21-13-12-20-10-8-17(21)9-11-20/h5-7,14-15,17H,8-13H2,1-4H3. The molecule has 1 aromatic rings. The second kappa shape index (κ2) is 6.21. The van der Waals surface area contributed by atoms with Crippen molar-refractivity contribution < 1.29 is 4.74 Å². The van der Waals surface area contributed by atoms with Crippen LogP contribution >= 0.6 is 0 Å². The summed E-state index contributed by atoms with van der Waals surface area (Å²) >= 11 is 0. The van der Waals surface area contributed by atoms with E-state index in [2.05, 4.69) is 61.8 Å². The van der Waals surface area contributed by atoms with Gasteiger partial charge in [-0.2, -0.15) is 0 Å². The van der Waals surface area contributed by atoms with Crippen molar-refractivity contribution in [1.82, 2.24) is 9.80 Å². The fourth-order valence-electron chi connectivity index (χ4n) is 4.01. The summed E-state index contributed by atoms with van der Waals surface area (Å²) in [5.41, 5.74) is 1.42. The average Bonchev–Trinajstić information content (AvgIpc) is 2.81. The molecule has 0 atom stereocenters. The van der Waals surface area contributed by atoms with Crippen molar-refractivity contribution in [1.29, 1.82) is 0 Å². The molecule has 122 valence electrons. The molecule has 4 rings (SSSR count). The maximum absolute atomic E-state index is 5.90. The number of fused-ring (bicyclic) bond motifs is 4. The van der Waals surface area contributed by atoms with Gasteiger partial charge in [0, 0.05) is 24.7 Å². The lowest BCUT2D eigenvalue weighted by atomic mass is 9.89. The van der Waals surface area contributed by atoms with Crippen molar-refractivity contribution in [2.75, 3.05) is 26.2 Å². The molecule has 3 heterocycles. The van der Waals surface area contributed by atoms with E-state index < -0.39 is 0 Å². The van der Waals surface area contributed by atoms with E-state index in [9.17, 15) is 0 Å². The van der Waals surface area contributed by atoms with Gasteiger partial charge in [-0.1, -0.05) is 12.1 Å². The molecule has 0 saturated carbocycles. The molecule has 3 saturated heterocycles. The maximum atomic E-state index is 5.90. The van der Waals surface area contributed by atoms with Gasteiger partial charge in [0.05, 0.1) is 6.10 Å². The predicted molar refractivity (Wildman–Crippen MR) is 91.4 cm³/mol. The predicted octanol–water partition coefficient (Wildman–Crippen LogP) is 3.49. The van der Waals surface area contributed by atoms with Crippen molar-refractivity contribution >= 4 is 0 Å². The van der Waals surface area contributed by atoms with E-state index in [0.29, 0.717) is 0 Å². The highest BCUT2D eigenvalue weighted by atomic mass is 16.5. The first-order chi connectivity index (χ1) is 10.5. The van der Waals surface area contributed by atoms with Gasteiger partial charge < -0.3 is 9.64 Å². The first-order valence-electron chi connectivity index (χ1n) is 8.73. The summed E-state index contributed by atoms with van der Waals surface area (Å²) < 4.78 is 5.90. The highest BCUT2D eigenvalue weighted by Crippen LogP contribution is 2.35. The number of hydrogen-bond acceptors (Lipinski definition) is 3. The van der Waals surface area contributed by atoms with Gasteiger partial charge in [-0.25, -0.2) is 0 Å². The van der Waals surface area contributed by atoms with Gasteiger partial charge in [-0.3, -0.25) is 4.90 Å². The summed E-state index contributed by atoms with van der Waals surface area (Å²) in [6.45, 7) is 13.8. The van der Waals surface area contributed by atoms with Gasteiger partial charge in [0.15, 0.2) is 0 Å². The smallest absolute Gasteiger partial charge is 0.120 e. The first-order valence-corrected chi connectivity index (χ1v) is 8.73. The molecule has 0 amide bonds. The SMILES string of the molecule is CC(C)Oc1cccc(C(C)(C)N2CCN3CCC2CC3)c1. The molecule has 0 radical (unpaired) electrons. The fraction of sp³-hybridized carbons (Fsp3) is 0.684. The number of ether oxygens (including phenoxy) is 1. The van der Waals surface area contributed by atoms with E-state index in [1.807, 2.05) is 0 Å². The second-order valence-corrected chi connectivity index (χ2v) is 7.52. The molecule has 3 nitrogen and oxygen atoms in total. The highest BCUT2D eigenvalue weighted by Gasteiger charge is 2.38. The van der Waals surface area contributed by atoms with Crippen molar-refractivity contribution in [3.05, 3.63) is 29.8 Å². The van der Waals surface area contributed by atoms with Crippen molar-refractivity contribution in [3.8, 4) is 5.75 Å². The molecule has 0 spiro atoms. The van der Waals surface area contributed by atoms with Crippen LogP contribution < -0.4 is 4.74 Å². The van der Waals surface area contributed by atoms with Crippen molar-refractivity contribution in [2.45, 2.75) is 58.2 Å². The molecule has 0 aliphatic carbocycles. The second-order valence-electron chi connectivity index (χ2n) is 7.52. The molecule has 3 fully saturated rings. The summed E-state index contributed by atoms with van der Waals surface area (Å²) in [7, 11) is 0. The number of hydrogen-bond donors (Lipinski definition) is 0. The summed E-state index contributed by atoms with van der Waals surface area (Å²) in [6, 6.07) is 9.42. The Morgan fingerprint density at radius 1 is 1.09 bits per heavy atom. The van der Waals surface area contributed by atoms with Crippen LogP contribution in [0.1, 0.15) is 46.1 Å². The van der Waals surface area contributed by atoms with Crippen LogP contribution in [0.3, 0.4) is 0 Å². The molecule has 3 aliphatic rings. The van der Waals surface area contributed by atoms with Crippen LogP contribution in [-0.2, 0) is 5.54 Å². The topological polar surface area (TPSA) is 15.7 Å². The first kappa shape index (κ1) is 15.8. The third-order valence-electron chi connectivity index (χ3n) is 5.29. The van der Waals surface area contributed by atoms with E-state index in [4.69, 9.17) is 4.74 Å². The lowest BCUT2D eigenvalue weighted by molar-refractivity contribution is 0.0699. The molecule has 0 unspecified atom stereocenters. The van der Waals surface area contributed by atoms with Crippen LogP contribution in [0.5, 0.6) is 5.75 Å². The van der Waals surface area contributed by atoms with Gasteiger partial charge in [0.25, 0.3) is 0 Å². The van der Waals surface area contributed by atoms with Crippen LogP contribution in [0, 0.1) is 0 Å². The third-order valence-corrected chi connectivity index (χ3v) is 5.29. The van der Waals surface area contributed by atoms with E-state index in [0.717, 1.165) is 11.8 Å². The molecule has 3 aliphatic heterocycles. The quantitative estimate of drug-likeness (QED) is 0.847. The number of piperidine rings is 1. The Kier molecular flexibility index (Phi) is 4.47. The normalized spacial score (nSPS) is 26.2. The lowest BCUT2D eigenvalue weighted by Crippen LogP contribution is -2.48. The Bertz CT molecular complexity index is 504. The molecule has 2 bridgehead atoms. The molecule has 0 N–H and O–H groups in total. The van der Waals surface area contributed by atoms with Crippen LogP contribution in [-0.4, -0.2) is 48.1 Å². The van der Waals surface area contributed by atoms with E-state index in [1.54, 1.807) is 0 Å². The van der Waals surface area contributed by atoms with Crippen LogP contribution in [0.25, 0.3) is 0 Å². The zero-order chi connectivity index (χ0) is 15.7. The minimum absolute atomic E-state index is 0.0569. The lowest BCUT2D eigenvalue weighted by Gasteiger charge is -2.43. The largest absolute Gasteiger partial charge is 0.491 e. The molecule has 0 aromatic heterocycles. The molecular formula is C19H30N2O. The number of benzene rings is 1. The van der Waals surface area contributed by atoms with E-state index in [-0.39, 0.29) is 11.6 Å². The summed E-state index contributed by atoms with van der Waals surface area (Å²) in [5, 5.41) is 0. The van der Waals surface area contributed by atoms with Crippen molar-refractivity contribution in [3.63, 3.8) is 0 Å². The number of rotatable bonds is 4. The average molecular weight is 302 g/mol. The molecule has 22 heavy (non-hydrogen) atoms. The molecular weight excluding hydrogens is 272 g/mol. The highest BCUT2D eigenvalue weighted by molar-refractivity contribution is 5.33. The Balaban J connectivity index is 1.85. The third kappa shape index (κ3) is 3.16. The Labute approximate surface area is 135 Å². The molecule has 1 aromatic carbocycles. The maximum Gasteiger partial charge on any atom is 0.120 e. The Hall–Kier alpha value is -1.06. The van der Waals surface area contributed by atoms with Crippen LogP contribution in [0.4, 0.5) is 0 Å². The Morgan fingerprint density at radius 3 is 2.50 bits per heavy atom. The van der Waals surface area contributed by atoms with Gasteiger partial charge in [0.2, 0.25) is 0 Å². The molecule has 3 heteroatoms. The van der Waals surface area contributed by atoms with Gasteiger partial charge in [-0.05, 0) is 71.3 Å². The van der Waals surface area contributed by atoms with Crippen LogP contribution in [0.2, 0.25) is 0 Å². The fourth-order valence-corrected chi connectivity index (χ4v) is 4.01. The van der Waals surface area contributed by atoms with Gasteiger partial charge in [0.1, 0.15) is 5.75 Å². The minimum atomic E-state index is 0.0569. The van der Waals surface area contributed by atoms with Gasteiger partial charge >= 0.3 is 0 Å². The van der Waals surface area contributed by atoms with Gasteiger partial charge in [-0.15, -0.1) is 0 Å². The van der Waals surface area contributed by atoms with Crippen molar-refractivity contribution in [2.24, 2.45) is 0 Å². The monoisotopic (exact) mass is 302 g/mol. The Morgan fingerprint density at radius 2 is 1.82 bits per heavy atom. The summed E-state index contributed by atoms with van der Waals surface area (Å²) in [4.78, 5) is 5.35. The minimum Gasteiger partial charge on any atom is -0.491 e. The zero-order valence-electron chi connectivity index (χ0n) is 14.5. The number of nitrogens with zero attached hydrogens (tertiary/aromatic N) is 2. The van der Waals surface area contributed by atoms with Crippen LogP contribution in [0.15, 0.2) is 24.3 Å².